The van der Waals surface area contributed by atoms with Crippen LogP contribution in [-0.4, -0.2) is 51.2 Å². The highest BCUT2D eigenvalue weighted by atomic mass is 16.5. The third kappa shape index (κ3) is 5.21. The standard InChI is InChI=1S/C26H29N3O3/c1-31-23-12-13-24(25(18-23)32-2)26(30)27-21-8-10-22(11-9-21)29-16-14-28(15-17-29)19-20-6-4-3-5-7-20/h3-13,18H,14-17,19H2,1-2H3,(H,27,30). The molecular formula is C26H29N3O3. The predicted molar refractivity (Wildman–Crippen MR) is 128 cm³/mol. The first kappa shape index (κ1) is 21.7. The van der Waals surface area contributed by atoms with Crippen molar-refractivity contribution < 1.29 is 14.3 Å². The topological polar surface area (TPSA) is 54.0 Å². The highest BCUT2D eigenvalue weighted by molar-refractivity contribution is 6.06. The minimum Gasteiger partial charge on any atom is -0.497 e. The zero-order valence-corrected chi connectivity index (χ0v) is 18.6. The molecule has 1 saturated heterocycles. The van der Waals surface area contributed by atoms with Crippen molar-refractivity contribution in [3.05, 3.63) is 83.9 Å². The van der Waals surface area contributed by atoms with Crippen molar-refractivity contribution in [3.8, 4) is 11.5 Å². The van der Waals surface area contributed by atoms with Crippen molar-refractivity contribution in [2.75, 3.05) is 50.6 Å². The average Bonchev–Trinajstić information content (AvgIpc) is 2.85. The molecule has 1 N–H and O–H groups in total. The van der Waals surface area contributed by atoms with Crippen molar-refractivity contribution in [1.29, 1.82) is 0 Å². The van der Waals surface area contributed by atoms with Crippen LogP contribution in [0.25, 0.3) is 0 Å². The molecule has 1 aliphatic heterocycles. The Hall–Kier alpha value is -3.51. The number of nitrogens with zero attached hydrogens (tertiary/aromatic N) is 2. The summed E-state index contributed by atoms with van der Waals surface area (Å²) >= 11 is 0. The van der Waals surface area contributed by atoms with E-state index in [4.69, 9.17) is 9.47 Å². The summed E-state index contributed by atoms with van der Waals surface area (Å²) in [6, 6.07) is 23.8. The van der Waals surface area contributed by atoms with Crippen molar-refractivity contribution in [2.45, 2.75) is 6.54 Å². The molecule has 4 rings (SSSR count). The van der Waals surface area contributed by atoms with Crippen LogP contribution in [0, 0.1) is 0 Å². The number of benzene rings is 3. The summed E-state index contributed by atoms with van der Waals surface area (Å²) in [6.45, 7) is 5.03. The summed E-state index contributed by atoms with van der Waals surface area (Å²) < 4.78 is 10.5. The van der Waals surface area contributed by atoms with Gasteiger partial charge in [-0.3, -0.25) is 9.69 Å². The molecule has 1 amide bonds. The molecule has 0 aliphatic carbocycles. The first-order valence-electron chi connectivity index (χ1n) is 10.8. The lowest BCUT2D eigenvalue weighted by Gasteiger charge is -2.36. The van der Waals surface area contributed by atoms with Gasteiger partial charge >= 0.3 is 0 Å². The molecule has 0 unspecified atom stereocenters. The maximum atomic E-state index is 12.7. The van der Waals surface area contributed by atoms with Crippen LogP contribution in [0.3, 0.4) is 0 Å². The van der Waals surface area contributed by atoms with E-state index in [0.717, 1.165) is 38.4 Å². The van der Waals surface area contributed by atoms with Crippen LogP contribution in [0.1, 0.15) is 15.9 Å². The highest BCUT2D eigenvalue weighted by Crippen LogP contribution is 2.26. The van der Waals surface area contributed by atoms with Crippen LogP contribution in [0.5, 0.6) is 11.5 Å². The number of piperazine rings is 1. The fraction of sp³-hybridized carbons (Fsp3) is 0.269. The molecule has 6 nitrogen and oxygen atoms in total. The van der Waals surface area contributed by atoms with E-state index in [9.17, 15) is 4.79 Å². The Bertz CT molecular complexity index is 1030. The number of nitrogens with one attached hydrogen (secondary N) is 1. The smallest absolute Gasteiger partial charge is 0.259 e. The number of ether oxygens (including phenoxy) is 2. The van der Waals surface area contributed by atoms with E-state index in [0.29, 0.717) is 17.1 Å². The largest absolute Gasteiger partial charge is 0.497 e. The molecule has 0 bridgehead atoms. The average molecular weight is 432 g/mol. The molecule has 3 aromatic rings. The first-order chi connectivity index (χ1) is 15.7. The first-order valence-corrected chi connectivity index (χ1v) is 10.8. The molecule has 0 radical (unpaired) electrons. The fourth-order valence-corrected chi connectivity index (χ4v) is 3.95. The van der Waals surface area contributed by atoms with Crippen molar-refractivity contribution >= 4 is 17.3 Å². The monoisotopic (exact) mass is 431 g/mol. The summed E-state index contributed by atoms with van der Waals surface area (Å²) in [7, 11) is 3.12. The Balaban J connectivity index is 1.33. The van der Waals surface area contributed by atoms with Gasteiger partial charge in [-0.2, -0.15) is 0 Å². The maximum Gasteiger partial charge on any atom is 0.259 e. The number of carbonyl (C=O) groups excluding carboxylic acids is 1. The summed E-state index contributed by atoms with van der Waals surface area (Å²) in [5.41, 5.74) is 3.74. The molecule has 0 spiro atoms. The molecule has 0 aromatic heterocycles. The Labute approximate surface area is 189 Å². The number of amides is 1. The Morgan fingerprint density at radius 3 is 2.25 bits per heavy atom. The van der Waals surface area contributed by atoms with Crippen molar-refractivity contribution in [3.63, 3.8) is 0 Å². The van der Waals surface area contributed by atoms with Gasteiger partial charge in [0.2, 0.25) is 0 Å². The van der Waals surface area contributed by atoms with E-state index in [1.165, 1.54) is 11.3 Å². The van der Waals surface area contributed by atoms with Crippen LogP contribution in [0.2, 0.25) is 0 Å². The van der Waals surface area contributed by atoms with Crippen LogP contribution in [0.4, 0.5) is 11.4 Å². The van der Waals surface area contributed by atoms with E-state index >= 15 is 0 Å². The molecule has 1 heterocycles. The van der Waals surface area contributed by atoms with Crippen LogP contribution in [-0.2, 0) is 6.54 Å². The van der Waals surface area contributed by atoms with Gasteiger partial charge in [-0.25, -0.2) is 0 Å². The van der Waals surface area contributed by atoms with Gasteiger partial charge in [-0.1, -0.05) is 30.3 Å². The molecular weight excluding hydrogens is 402 g/mol. The molecule has 0 atom stereocenters. The lowest BCUT2D eigenvalue weighted by molar-refractivity contribution is 0.102. The second-order valence-corrected chi connectivity index (χ2v) is 7.82. The summed E-state index contributed by atoms with van der Waals surface area (Å²) in [5, 5.41) is 2.95. The van der Waals surface area contributed by atoms with Gasteiger partial charge < -0.3 is 19.7 Å². The molecule has 1 aliphatic rings. The minimum atomic E-state index is -0.216. The summed E-state index contributed by atoms with van der Waals surface area (Å²) in [6.07, 6.45) is 0. The van der Waals surface area contributed by atoms with Gasteiger partial charge in [-0.05, 0) is 42.0 Å². The van der Waals surface area contributed by atoms with Gasteiger partial charge in [-0.15, -0.1) is 0 Å². The molecule has 0 saturated carbocycles. The van der Waals surface area contributed by atoms with Crippen LogP contribution < -0.4 is 19.7 Å². The fourth-order valence-electron chi connectivity index (χ4n) is 3.95. The lowest BCUT2D eigenvalue weighted by atomic mass is 10.1. The number of methoxy groups -OCH3 is 2. The van der Waals surface area contributed by atoms with E-state index in [-0.39, 0.29) is 5.91 Å². The van der Waals surface area contributed by atoms with Gasteiger partial charge in [0, 0.05) is 50.2 Å². The lowest BCUT2D eigenvalue weighted by Crippen LogP contribution is -2.45. The van der Waals surface area contributed by atoms with Gasteiger partial charge in [0.15, 0.2) is 0 Å². The quantitative estimate of drug-likeness (QED) is 0.605. The number of carbonyl (C=O) groups is 1. The number of hydrogen-bond donors (Lipinski definition) is 1. The third-order valence-corrected chi connectivity index (χ3v) is 5.76. The molecule has 6 heteroatoms. The summed E-state index contributed by atoms with van der Waals surface area (Å²) in [4.78, 5) is 17.6. The normalized spacial score (nSPS) is 14.1. The molecule has 166 valence electrons. The Kier molecular flexibility index (Phi) is 6.92. The molecule has 3 aromatic carbocycles. The van der Waals surface area contributed by atoms with Gasteiger partial charge in [0.05, 0.1) is 19.8 Å². The minimum absolute atomic E-state index is 0.216. The Morgan fingerprint density at radius 2 is 1.59 bits per heavy atom. The van der Waals surface area contributed by atoms with Gasteiger partial charge in [0.25, 0.3) is 5.91 Å². The molecule has 1 fully saturated rings. The van der Waals surface area contributed by atoms with Gasteiger partial charge in [0.1, 0.15) is 11.5 Å². The van der Waals surface area contributed by atoms with Crippen molar-refractivity contribution in [1.82, 2.24) is 4.90 Å². The van der Waals surface area contributed by atoms with Crippen LogP contribution in [0.15, 0.2) is 72.8 Å². The predicted octanol–water partition coefficient (Wildman–Crippen LogP) is 4.28. The highest BCUT2D eigenvalue weighted by Gasteiger charge is 2.18. The summed E-state index contributed by atoms with van der Waals surface area (Å²) in [5.74, 6) is 0.908. The van der Waals surface area contributed by atoms with E-state index < -0.39 is 0 Å². The third-order valence-electron chi connectivity index (χ3n) is 5.76. The van der Waals surface area contributed by atoms with E-state index in [1.807, 2.05) is 12.1 Å². The number of rotatable bonds is 7. The number of hydrogen-bond acceptors (Lipinski definition) is 5. The Morgan fingerprint density at radius 1 is 0.875 bits per heavy atom. The second-order valence-electron chi connectivity index (χ2n) is 7.82. The van der Waals surface area contributed by atoms with E-state index in [2.05, 4.69) is 57.6 Å². The van der Waals surface area contributed by atoms with Crippen LogP contribution >= 0.6 is 0 Å². The zero-order chi connectivity index (χ0) is 22.3. The SMILES string of the molecule is COc1ccc(C(=O)Nc2ccc(N3CCN(Cc4ccccc4)CC3)cc2)c(OC)c1. The second kappa shape index (κ2) is 10.2. The maximum absolute atomic E-state index is 12.7. The van der Waals surface area contributed by atoms with E-state index in [1.54, 1.807) is 32.4 Å². The zero-order valence-electron chi connectivity index (χ0n) is 18.6. The number of anilines is 2. The molecule has 32 heavy (non-hydrogen) atoms. The van der Waals surface area contributed by atoms with Crippen molar-refractivity contribution in [2.24, 2.45) is 0 Å².